The zero-order valence-electron chi connectivity index (χ0n) is 7.65. The van der Waals surface area contributed by atoms with Gasteiger partial charge in [0.15, 0.2) is 0 Å². The van der Waals surface area contributed by atoms with Crippen LogP contribution in [-0.4, -0.2) is 4.98 Å². The van der Waals surface area contributed by atoms with Crippen LogP contribution in [0.3, 0.4) is 0 Å². The molecular weight excluding hydrogens is 238 g/mol. The molecule has 70 valence electrons. The van der Waals surface area contributed by atoms with Gasteiger partial charge in [0, 0.05) is 12.6 Å². The van der Waals surface area contributed by atoms with Gasteiger partial charge in [0.1, 0.15) is 4.60 Å². The zero-order chi connectivity index (χ0) is 9.80. The maximum Gasteiger partial charge on any atom is 0.109 e. The van der Waals surface area contributed by atoms with Gasteiger partial charge in [0.25, 0.3) is 0 Å². The van der Waals surface area contributed by atoms with E-state index < -0.39 is 0 Å². The number of aromatic nitrogens is 1. The molecule has 1 nitrogen and oxygen atoms in total. The molecule has 0 bridgehead atoms. The monoisotopic (exact) mass is 247 g/mol. The third-order valence-corrected chi connectivity index (χ3v) is 2.79. The Hall–Kier alpha value is -1.15. The normalized spacial score (nSPS) is 10.1. The number of benzene rings is 1. The Bertz CT molecular complexity index is 412. The summed E-state index contributed by atoms with van der Waals surface area (Å²) in [6, 6.07) is 14.4. The van der Waals surface area contributed by atoms with Gasteiger partial charge in [-0.15, -0.1) is 0 Å². The summed E-state index contributed by atoms with van der Waals surface area (Å²) in [4.78, 5) is 4.19. The third-order valence-electron chi connectivity index (χ3n) is 2.07. The molecule has 0 fully saturated rings. The van der Waals surface area contributed by atoms with Crippen molar-refractivity contribution in [3.05, 3.63) is 64.4 Å². The van der Waals surface area contributed by atoms with E-state index in [1.54, 1.807) is 6.20 Å². The first-order chi connectivity index (χ1) is 6.86. The summed E-state index contributed by atoms with van der Waals surface area (Å²) < 4.78 is 0.934. The Kier molecular flexibility index (Phi) is 2.94. The highest BCUT2D eigenvalue weighted by Crippen LogP contribution is 2.16. The molecule has 0 saturated heterocycles. The lowest BCUT2D eigenvalue weighted by Gasteiger charge is -2.02. The van der Waals surface area contributed by atoms with Crippen LogP contribution in [0.2, 0.25) is 0 Å². The molecule has 0 amide bonds. The molecular formula is C12H10BrN. The van der Waals surface area contributed by atoms with Crippen molar-refractivity contribution in [2.45, 2.75) is 6.42 Å². The van der Waals surface area contributed by atoms with Crippen molar-refractivity contribution in [1.82, 2.24) is 4.98 Å². The SMILES string of the molecule is Brc1ncccc1Cc1ccccc1. The van der Waals surface area contributed by atoms with Crippen LogP contribution in [-0.2, 0) is 6.42 Å². The maximum atomic E-state index is 4.19. The highest BCUT2D eigenvalue weighted by Gasteiger charge is 2.00. The topological polar surface area (TPSA) is 12.9 Å². The molecule has 2 heteroatoms. The van der Waals surface area contributed by atoms with Crippen LogP contribution >= 0.6 is 15.9 Å². The molecule has 2 rings (SSSR count). The highest BCUT2D eigenvalue weighted by atomic mass is 79.9. The minimum Gasteiger partial charge on any atom is -0.249 e. The Labute approximate surface area is 91.9 Å². The van der Waals surface area contributed by atoms with Gasteiger partial charge in [0.05, 0.1) is 0 Å². The summed E-state index contributed by atoms with van der Waals surface area (Å²) in [6.07, 6.45) is 2.72. The van der Waals surface area contributed by atoms with Crippen molar-refractivity contribution in [2.75, 3.05) is 0 Å². The molecule has 0 aliphatic heterocycles. The van der Waals surface area contributed by atoms with Gasteiger partial charge in [-0.2, -0.15) is 0 Å². The Morgan fingerprint density at radius 2 is 1.79 bits per heavy atom. The van der Waals surface area contributed by atoms with E-state index in [4.69, 9.17) is 0 Å². The lowest BCUT2D eigenvalue weighted by atomic mass is 10.1. The summed E-state index contributed by atoms with van der Waals surface area (Å²) in [6.45, 7) is 0. The summed E-state index contributed by atoms with van der Waals surface area (Å²) in [5.74, 6) is 0. The van der Waals surface area contributed by atoms with Crippen LogP contribution in [0.4, 0.5) is 0 Å². The van der Waals surface area contributed by atoms with E-state index >= 15 is 0 Å². The molecule has 0 spiro atoms. The number of hydrogen-bond donors (Lipinski definition) is 0. The molecule has 1 aromatic heterocycles. The van der Waals surface area contributed by atoms with Gasteiger partial charge < -0.3 is 0 Å². The predicted octanol–water partition coefficient (Wildman–Crippen LogP) is 3.43. The van der Waals surface area contributed by atoms with Gasteiger partial charge in [-0.05, 0) is 33.1 Å². The van der Waals surface area contributed by atoms with Crippen LogP contribution in [0.15, 0.2) is 53.3 Å². The third kappa shape index (κ3) is 2.20. The number of hydrogen-bond acceptors (Lipinski definition) is 1. The van der Waals surface area contributed by atoms with Crippen molar-refractivity contribution in [3.63, 3.8) is 0 Å². The molecule has 0 saturated carbocycles. The molecule has 0 atom stereocenters. The van der Waals surface area contributed by atoms with E-state index in [0.717, 1.165) is 11.0 Å². The summed E-state index contributed by atoms with van der Waals surface area (Å²) in [7, 11) is 0. The van der Waals surface area contributed by atoms with Crippen molar-refractivity contribution in [2.24, 2.45) is 0 Å². The Morgan fingerprint density at radius 1 is 1.00 bits per heavy atom. The minimum atomic E-state index is 0.926. The second kappa shape index (κ2) is 4.38. The van der Waals surface area contributed by atoms with Gasteiger partial charge in [0.2, 0.25) is 0 Å². The summed E-state index contributed by atoms with van der Waals surface area (Å²) in [5, 5.41) is 0. The first-order valence-electron chi connectivity index (χ1n) is 4.49. The molecule has 1 aromatic carbocycles. The number of halogens is 1. The quantitative estimate of drug-likeness (QED) is 0.742. The number of nitrogens with zero attached hydrogens (tertiary/aromatic N) is 1. The van der Waals surface area contributed by atoms with Crippen LogP contribution in [0.25, 0.3) is 0 Å². The van der Waals surface area contributed by atoms with Gasteiger partial charge in [-0.1, -0.05) is 36.4 Å². The van der Waals surface area contributed by atoms with E-state index in [1.165, 1.54) is 11.1 Å². The molecule has 2 aromatic rings. The molecule has 1 heterocycles. The van der Waals surface area contributed by atoms with Crippen LogP contribution in [0.1, 0.15) is 11.1 Å². The highest BCUT2D eigenvalue weighted by molar-refractivity contribution is 9.10. The number of pyridine rings is 1. The summed E-state index contributed by atoms with van der Waals surface area (Å²) in [5.41, 5.74) is 2.53. The second-order valence-electron chi connectivity index (χ2n) is 3.12. The Balaban J connectivity index is 2.24. The predicted molar refractivity (Wildman–Crippen MR) is 61.2 cm³/mol. The average molecular weight is 248 g/mol. The Morgan fingerprint density at radius 3 is 2.50 bits per heavy atom. The first kappa shape index (κ1) is 9.41. The molecule has 0 aliphatic carbocycles. The zero-order valence-corrected chi connectivity index (χ0v) is 9.24. The minimum absolute atomic E-state index is 0.926. The molecule has 0 radical (unpaired) electrons. The fraction of sp³-hybridized carbons (Fsp3) is 0.0833. The van der Waals surface area contributed by atoms with Gasteiger partial charge >= 0.3 is 0 Å². The van der Waals surface area contributed by atoms with E-state index in [2.05, 4.69) is 51.2 Å². The van der Waals surface area contributed by atoms with Crippen molar-refractivity contribution < 1.29 is 0 Å². The van der Waals surface area contributed by atoms with Crippen molar-refractivity contribution in [1.29, 1.82) is 0 Å². The number of rotatable bonds is 2. The first-order valence-corrected chi connectivity index (χ1v) is 5.29. The van der Waals surface area contributed by atoms with Crippen LogP contribution < -0.4 is 0 Å². The fourth-order valence-corrected chi connectivity index (χ4v) is 1.76. The lowest BCUT2D eigenvalue weighted by molar-refractivity contribution is 1.12. The van der Waals surface area contributed by atoms with E-state index in [0.29, 0.717) is 0 Å². The lowest BCUT2D eigenvalue weighted by Crippen LogP contribution is -1.90. The standard InChI is InChI=1S/C12H10BrN/c13-12-11(7-4-8-14-12)9-10-5-2-1-3-6-10/h1-8H,9H2. The fourth-order valence-electron chi connectivity index (χ4n) is 1.37. The average Bonchev–Trinajstić information content (AvgIpc) is 2.23. The van der Waals surface area contributed by atoms with E-state index in [-0.39, 0.29) is 0 Å². The van der Waals surface area contributed by atoms with Gasteiger partial charge in [-0.3, -0.25) is 0 Å². The molecule has 14 heavy (non-hydrogen) atoms. The summed E-state index contributed by atoms with van der Waals surface area (Å²) >= 11 is 3.44. The largest absolute Gasteiger partial charge is 0.249 e. The van der Waals surface area contributed by atoms with Gasteiger partial charge in [-0.25, -0.2) is 4.98 Å². The molecule has 0 aliphatic rings. The van der Waals surface area contributed by atoms with Crippen LogP contribution in [0, 0.1) is 0 Å². The molecule has 0 unspecified atom stereocenters. The van der Waals surface area contributed by atoms with E-state index in [1.807, 2.05) is 12.1 Å². The molecule has 0 N–H and O–H groups in total. The van der Waals surface area contributed by atoms with Crippen LogP contribution in [0.5, 0.6) is 0 Å². The van der Waals surface area contributed by atoms with Crippen molar-refractivity contribution in [3.8, 4) is 0 Å². The van der Waals surface area contributed by atoms with Crippen molar-refractivity contribution >= 4 is 15.9 Å². The maximum absolute atomic E-state index is 4.19. The smallest absolute Gasteiger partial charge is 0.109 e. The second-order valence-corrected chi connectivity index (χ2v) is 3.87. The van der Waals surface area contributed by atoms with E-state index in [9.17, 15) is 0 Å².